The van der Waals surface area contributed by atoms with Gasteiger partial charge < -0.3 is 4.74 Å². The number of amides is 2. The van der Waals surface area contributed by atoms with E-state index >= 15 is 0 Å². The normalized spacial score (nSPS) is 14.0. The van der Waals surface area contributed by atoms with Crippen LogP contribution in [0.1, 0.15) is 26.3 Å². The largest absolute Gasteiger partial charge is 0.434 e. The minimum Gasteiger partial charge on any atom is -0.434 e. The molecule has 2 aromatic carbocycles. The monoisotopic (exact) mass is 316 g/mol. The number of imide groups is 1. The van der Waals surface area contributed by atoms with Gasteiger partial charge in [0.25, 0.3) is 11.8 Å². The summed E-state index contributed by atoms with van der Waals surface area (Å²) in [7, 11) is 0. The zero-order chi connectivity index (χ0) is 16.4. The van der Waals surface area contributed by atoms with Crippen molar-refractivity contribution < 1.29 is 23.1 Å². The van der Waals surface area contributed by atoms with Crippen LogP contribution >= 0.6 is 0 Å². The fourth-order valence-electron chi connectivity index (χ4n) is 2.19. The highest BCUT2D eigenvalue weighted by molar-refractivity contribution is 6.21. The highest BCUT2D eigenvalue weighted by atomic mass is 19.3. The van der Waals surface area contributed by atoms with E-state index in [0.717, 1.165) is 6.21 Å². The van der Waals surface area contributed by atoms with Crippen molar-refractivity contribution in [3.63, 3.8) is 0 Å². The number of fused-ring (bicyclic) bond motifs is 1. The number of rotatable bonds is 4. The van der Waals surface area contributed by atoms with Crippen molar-refractivity contribution in [3.05, 3.63) is 65.2 Å². The molecule has 0 bridgehead atoms. The molecular weight excluding hydrogens is 306 g/mol. The van der Waals surface area contributed by atoms with Gasteiger partial charge in [-0.05, 0) is 24.3 Å². The third kappa shape index (κ3) is 2.80. The van der Waals surface area contributed by atoms with E-state index in [4.69, 9.17) is 0 Å². The molecule has 0 radical (unpaired) electrons. The number of halogens is 2. The molecule has 0 aliphatic carbocycles. The number of nitrogens with zero attached hydrogens (tertiary/aromatic N) is 2. The molecule has 7 heteroatoms. The second-order valence-corrected chi connectivity index (χ2v) is 4.63. The van der Waals surface area contributed by atoms with Crippen molar-refractivity contribution in [1.29, 1.82) is 0 Å². The minimum atomic E-state index is -2.98. The van der Waals surface area contributed by atoms with E-state index in [1.807, 2.05) is 0 Å². The van der Waals surface area contributed by atoms with E-state index in [1.165, 1.54) is 30.3 Å². The van der Waals surface area contributed by atoms with Crippen molar-refractivity contribution in [3.8, 4) is 5.75 Å². The second-order valence-electron chi connectivity index (χ2n) is 4.63. The first-order chi connectivity index (χ1) is 11.1. The molecule has 3 rings (SSSR count). The van der Waals surface area contributed by atoms with Crippen LogP contribution in [0.25, 0.3) is 0 Å². The second kappa shape index (κ2) is 5.96. The van der Waals surface area contributed by atoms with Crippen molar-refractivity contribution in [2.24, 2.45) is 5.10 Å². The number of hydrazone groups is 1. The fraction of sp³-hybridized carbons (Fsp3) is 0.0625. The van der Waals surface area contributed by atoms with E-state index in [9.17, 15) is 18.4 Å². The third-order valence-electron chi connectivity index (χ3n) is 3.22. The van der Waals surface area contributed by atoms with Crippen molar-refractivity contribution in [2.75, 3.05) is 0 Å². The number of hydrogen-bond donors (Lipinski definition) is 0. The Bertz CT molecular complexity index is 770. The lowest BCUT2D eigenvalue weighted by molar-refractivity contribution is -0.0499. The van der Waals surface area contributed by atoms with Crippen LogP contribution in [0.5, 0.6) is 5.75 Å². The number of carbonyl (C=O) groups is 2. The molecule has 23 heavy (non-hydrogen) atoms. The summed E-state index contributed by atoms with van der Waals surface area (Å²) in [4.78, 5) is 24.3. The van der Waals surface area contributed by atoms with Gasteiger partial charge in [0.15, 0.2) is 0 Å². The van der Waals surface area contributed by atoms with Crippen LogP contribution < -0.4 is 4.74 Å². The maximum absolute atomic E-state index is 12.4. The number of benzene rings is 2. The van der Waals surface area contributed by atoms with Gasteiger partial charge in [-0.3, -0.25) is 9.59 Å². The summed E-state index contributed by atoms with van der Waals surface area (Å²) in [5.41, 5.74) is 0.739. The molecule has 0 N–H and O–H groups in total. The third-order valence-corrected chi connectivity index (χ3v) is 3.22. The molecule has 1 aliphatic rings. The van der Waals surface area contributed by atoms with Crippen LogP contribution in [0.4, 0.5) is 8.78 Å². The lowest BCUT2D eigenvalue weighted by Crippen LogP contribution is -2.24. The lowest BCUT2D eigenvalue weighted by atomic mass is 10.1. The first kappa shape index (κ1) is 14.8. The zero-order valence-electron chi connectivity index (χ0n) is 11.6. The SMILES string of the molecule is O=C1c2ccccc2C(=O)N1/N=C/c1ccccc1OC(F)F. The quantitative estimate of drug-likeness (QED) is 0.644. The maximum atomic E-state index is 12.4. The minimum absolute atomic E-state index is 0.0946. The summed E-state index contributed by atoms with van der Waals surface area (Å²) in [6.07, 6.45) is 1.14. The van der Waals surface area contributed by atoms with Gasteiger partial charge in [0, 0.05) is 5.56 Å². The summed E-state index contributed by atoms with van der Waals surface area (Å²) >= 11 is 0. The first-order valence-electron chi connectivity index (χ1n) is 6.63. The Kier molecular flexibility index (Phi) is 3.84. The Morgan fingerprint density at radius 2 is 1.52 bits per heavy atom. The molecule has 116 valence electrons. The van der Waals surface area contributed by atoms with Gasteiger partial charge in [0.2, 0.25) is 0 Å². The standard InChI is InChI=1S/C16H10F2N2O3/c17-16(18)23-13-8-4-1-5-10(13)9-19-20-14(21)11-6-2-3-7-12(11)15(20)22/h1-9,16H/b19-9+. The Balaban J connectivity index is 1.88. The van der Waals surface area contributed by atoms with Gasteiger partial charge in [0.05, 0.1) is 17.3 Å². The van der Waals surface area contributed by atoms with Gasteiger partial charge in [-0.1, -0.05) is 24.3 Å². The number of carbonyl (C=O) groups excluding carboxylic acids is 2. The molecule has 1 aliphatic heterocycles. The number of alkyl halides is 2. The van der Waals surface area contributed by atoms with E-state index < -0.39 is 18.4 Å². The van der Waals surface area contributed by atoms with Gasteiger partial charge in [-0.15, -0.1) is 0 Å². The molecule has 0 spiro atoms. The van der Waals surface area contributed by atoms with Crippen LogP contribution in [0, 0.1) is 0 Å². The molecule has 2 amide bonds. The molecule has 0 unspecified atom stereocenters. The summed E-state index contributed by atoms with van der Waals surface area (Å²) < 4.78 is 29.1. The molecule has 5 nitrogen and oxygen atoms in total. The maximum Gasteiger partial charge on any atom is 0.387 e. The molecule has 0 aromatic heterocycles. The fourth-order valence-corrected chi connectivity index (χ4v) is 2.19. The molecule has 0 saturated carbocycles. The summed E-state index contributed by atoms with van der Waals surface area (Å²) in [5.74, 6) is -1.22. The van der Waals surface area contributed by atoms with Crippen molar-refractivity contribution >= 4 is 18.0 Å². The van der Waals surface area contributed by atoms with Crippen molar-refractivity contribution in [2.45, 2.75) is 6.61 Å². The number of para-hydroxylation sites is 1. The highest BCUT2D eigenvalue weighted by Crippen LogP contribution is 2.23. The van der Waals surface area contributed by atoms with E-state index in [-0.39, 0.29) is 22.4 Å². The summed E-state index contributed by atoms with van der Waals surface area (Å²) in [6.45, 7) is -2.98. The van der Waals surface area contributed by atoms with Crippen LogP contribution in [-0.2, 0) is 0 Å². The van der Waals surface area contributed by atoms with Crippen LogP contribution in [0.2, 0.25) is 0 Å². The molecule has 1 heterocycles. The zero-order valence-corrected chi connectivity index (χ0v) is 11.6. The smallest absolute Gasteiger partial charge is 0.387 e. The van der Waals surface area contributed by atoms with E-state index in [2.05, 4.69) is 9.84 Å². The predicted octanol–water partition coefficient (Wildman–Crippen LogP) is 2.92. The molecular formula is C16H10F2N2O3. The lowest BCUT2D eigenvalue weighted by Gasteiger charge is -2.09. The van der Waals surface area contributed by atoms with Gasteiger partial charge in [0.1, 0.15) is 5.75 Å². The average molecular weight is 316 g/mol. The Labute approximate surface area is 129 Å². The molecule has 2 aromatic rings. The number of hydrogen-bond acceptors (Lipinski definition) is 4. The van der Waals surface area contributed by atoms with Gasteiger partial charge >= 0.3 is 6.61 Å². The topological polar surface area (TPSA) is 59.0 Å². The summed E-state index contributed by atoms with van der Waals surface area (Å²) in [6, 6.07) is 12.3. The van der Waals surface area contributed by atoms with Gasteiger partial charge in [-0.2, -0.15) is 18.9 Å². The average Bonchev–Trinajstić information content (AvgIpc) is 2.78. The Morgan fingerprint density at radius 1 is 0.957 bits per heavy atom. The van der Waals surface area contributed by atoms with Crippen molar-refractivity contribution in [1.82, 2.24) is 5.01 Å². The van der Waals surface area contributed by atoms with E-state index in [0.29, 0.717) is 5.01 Å². The first-order valence-corrected chi connectivity index (χ1v) is 6.63. The molecule has 0 atom stereocenters. The number of ether oxygens (including phenoxy) is 1. The van der Waals surface area contributed by atoms with Crippen LogP contribution in [-0.4, -0.2) is 29.6 Å². The Morgan fingerprint density at radius 3 is 2.13 bits per heavy atom. The highest BCUT2D eigenvalue weighted by Gasteiger charge is 2.35. The molecule has 0 saturated heterocycles. The van der Waals surface area contributed by atoms with E-state index in [1.54, 1.807) is 18.2 Å². The molecule has 0 fully saturated rings. The van der Waals surface area contributed by atoms with Gasteiger partial charge in [-0.25, -0.2) is 0 Å². The van der Waals surface area contributed by atoms with Crippen LogP contribution in [0.15, 0.2) is 53.6 Å². The summed E-state index contributed by atoms with van der Waals surface area (Å²) in [5, 5.41) is 4.52. The predicted molar refractivity (Wildman–Crippen MR) is 77.6 cm³/mol. The van der Waals surface area contributed by atoms with Crippen LogP contribution in [0.3, 0.4) is 0 Å². The Hall–Kier alpha value is -3.09.